The van der Waals surface area contributed by atoms with Gasteiger partial charge in [-0.3, -0.25) is 0 Å². The van der Waals surface area contributed by atoms with Gasteiger partial charge in [-0.05, 0) is 32.9 Å². The van der Waals surface area contributed by atoms with E-state index in [1.807, 2.05) is 29.8 Å². The molecular formula is C15H20ClN3. The standard InChI is InChI=1S/C15H20ClN3/c1-11(2)18(4)15-14(10-16)12(3)17-19(15)13-8-6-5-7-9-13/h5-9,11H,10H2,1-4H3. The van der Waals surface area contributed by atoms with E-state index in [0.29, 0.717) is 11.9 Å². The van der Waals surface area contributed by atoms with E-state index in [-0.39, 0.29) is 0 Å². The van der Waals surface area contributed by atoms with Crippen molar-refractivity contribution in [2.24, 2.45) is 0 Å². The lowest BCUT2D eigenvalue weighted by atomic mass is 10.2. The molecule has 2 aromatic rings. The molecule has 1 aromatic heterocycles. The molecule has 0 spiro atoms. The van der Waals surface area contributed by atoms with E-state index in [1.165, 1.54) is 0 Å². The number of nitrogens with zero attached hydrogens (tertiary/aromatic N) is 3. The van der Waals surface area contributed by atoms with Crippen molar-refractivity contribution in [3.05, 3.63) is 41.6 Å². The molecule has 0 amide bonds. The van der Waals surface area contributed by atoms with Gasteiger partial charge >= 0.3 is 0 Å². The predicted octanol–water partition coefficient (Wildman–Crippen LogP) is 3.76. The van der Waals surface area contributed by atoms with Crippen LogP contribution >= 0.6 is 11.6 Å². The van der Waals surface area contributed by atoms with E-state index in [0.717, 1.165) is 22.8 Å². The van der Waals surface area contributed by atoms with Crippen LogP contribution in [-0.2, 0) is 5.88 Å². The smallest absolute Gasteiger partial charge is 0.137 e. The van der Waals surface area contributed by atoms with Gasteiger partial charge < -0.3 is 4.90 Å². The van der Waals surface area contributed by atoms with Crippen molar-refractivity contribution in [2.45, 2.75) is 32.7 Å². The minimum Gasteiger partial charge on any atom is -0.357 e. The van der Waals surface area contributed by atoms with Crippen molar-refractivity contribution < 1.29 is 0 Å². The Kier molecular flexibility index (Phi) is 4.15. The number of anilines is 1. The van der Waals surface area contributed by atoms with Crippen molar-refractivity contribution >= 4 is 17.4 Å². The Bertz CT molecular complexity index is 546. The lowest BCUT2D eigenvalue weighted by Crippen LogP contribution is -2.28. The first-order valence-electron chi connectivity index (χ1n) is 6.49. The molecule has 19 heavy (non-hydrogen) atoms. The molecule has 0 saturated heterocycles. The van der Waals surface area contributed by atoms with Crippen LogP contribution in [0, 0.1) is 6.92 Å². The van der Waals surface area contributed by atoms with Crippen LogP contribution in [-0.4, -0.2) is 22.9 Å². The molecule has 3 nitrogen and oxygen atoms in total. The Morgan fingerprint density at radius 2 is 1.89 bits per heavy atom. The summed E-state index contributed by atoms with van der Waals surface area (Å²) < 4.78 is 1.98. The Morgan fingerprint density at radius 3 is 2.42 bits per heavy atom. The van der Waals surface area contributed by atoms with Crippen LogP contribution in [0.15, 0.2) is 30.3 Å². The largest absolute Gasteiger partial charge is 0.357 e. The van der Waals surface area contributed by atoms with E-state index in [1.54, 1.807) is 0 Å². The minimum absolute atomic E-state index is 0.389. The average Bonchev–Trinajstić information content (AvgIpc) is 2.75. The normalized spacial score (nSPS) is 11.1. The summed E-state index contributed by atoms with van der Waals surface area (Å²) in [7, 11) is 2.08. The molecule has 0 atom stereocenters. The predicted molar refractivity (Wildman–Crippen MR) is 81.4 cm³/mol. The zero-order valence-electron chi connectivity index (χ0n) is 11.9. The van der Waals surface area contributed by atoms with Crippen LogP contribution in [0.2, 0.25) is 0 Å². The third kappa shape index (κ3) is 2.61. The summed E-state index contributed by atoms with van der Waals surface area (Å²) in [6.07, 6.45) is 0. The van der Waals surface area contributed by atoms with E-state index < -0.39 is 0 Å². The average molecular weight is 278 g/mol. The molecule has 102 valence electrons. The van der Waals surface area contributed by atoms with Crippen LogP contribution in [0.5, 0.6) is 0 Å². The van der Waals surface area contributed by atoms with Gasteiger partial charge in [0.25, 0.3) is 0 Å². The lowest BCUT2D eigenvalue weighted by Gasteiger charge is -2.25. The summed E-state index contributed by atoms with van der Waals surface area (Å²) >= 11 is 6.11. The molecule has 1 aromatic carbocycles. The highest BCUT2D eigenvalue weighted by Gasteiger charge is 2.20. The summed E-state index contributed by atoms with van der Waals surface area (Å²) in [5.41, 5.74) is 3.15. The summed E-state index contributed by atoms with van der Waals surface area (Å²) in [6, 6.07) is 10.6. The number of alkyl halides is 1. The SMILES string of the molecule is Cc1nn(-c2ccccc2)c(N(C)C(C)C)c1CCl. The van der Waals surface area contributed by atoms with Gasteiger partial charge in [-0.15, -0.1) is 11.6 Å². The Morgan fingerprint density at radius 1 is 1.26 bits per heavy atom. The number of aromatic nitrogens is 2. The van der Waals surface area contributed by atoms with Gasteiger partial charge in [-0.1, -0.05) is 18.2 Å². The molecular weight excluding hydrogens is 258 g/mol. The van der Waals surface area contributed by atoms with Gasteiger partial charge in [0.1, 0.15) is 5.82 Å². The molecule has 2 rings (SSSR count). The molecule has 4 heteroatoms. The third-order valence-electron chi connectivity index (χ3n) is 3.40. The van der Waals surface area contributed by atoms with Gasteiger partial charge in [-0.25, -0.2) is 4.68 Å². The zero-order chi connectivity index (χ0) is 14.0. The zero-order valence-corrected chi connectivity index (χ0v) is 12.6. The molecule has 0 radical (unpaired) electrons. The maximum absolute atomic E-state index is 6.11. The van der Waals surface area contributed by atoms with Crippen molar-refractivity contribution in [3.63, 3.8) is 0 Å². The fraction of sp³-hybridized carbons (Fsp3) is 0.400. The number of halogens is 1. The van der Waals surface area contributed by atoms with Gasteiger partial charge in [0.05, 0.1) is 17.3 Å². The van der Waals surface area contributed by atoms with E-state index in [4.69, 9.17) is 11.6 Å². The molecule has 0 aliphatic rings. The number of aryl methyl sites for hydroxylation is 1. The number of hydrogen-bond acceptors (Lipinski definition) is 2. The number of hydrogen-bond donors (Lipinski definition) is 0. The third-order valence-corrected chi connectivity index (χ3v) is 3.67. The van der Waals surface area contributed by atoms with Crippen LogP contribution in [0.1, 0.15) is 25.1 Å². The summed E-state index contributed by atoms with van der Waals surface area (Å²) in [5.74, 6) is 1.55. The van der Waals surface area contributed by atoms with E-state index in [2.05, 4.69) is 43.0 Å². The number of para-hydroxylation sites is 1. The number of rotatable bonds is 4. The lowest BCUT2D eigenvalue weighted by molar-refractivity contribution is 0.714. The highest BCUT2D eigenvalue weighted by molar-refractivity contribution is 6.17. The molecule has 0 bridgehead atoms. The number of benzene rings is 1. The summed E-state index contributed by atoms with van der Waals surface area (Å²) in [5, 5.41) is 4.65. The first-order valence-corrected chi connectivity index (χ1v) is 7.02. The quantitative estimate of drug-likeness (QED) is 0.794. The molecule has 0 aliphatic carbocycles. The van der Waals surface area contributed by atoms with E-state index in [9.17, 15) is 0 Å². The highest BCUT2D eigenvalue weighted by atomic mass is 35.5. The van der Waals surface area contributed by atoms with Gasteiger partial charge in [0.2, 0.25) is 0 Å². The van der Waals surface area contributed by atoms with Crippen LogP contribution < -0.4 is 4.90 Å². The van der Waals surface area contributed by atoms with Gasteiger partial charge in [0, 0.05) is 18.7 Å². The Labute approximate surface area is 119 Å². The molecule has 0 unspecified atom stereocenters. The molecule has 0 N–H and O–H groups in total. The van der Waals surface area contributed by atoms with E-state index >= 15 is 0 Å². The van der Waals surface area contributed by atoms with Gasteiger partial charge in [-0.2, -0.15) is 5.10 Å². The summed E-state index contributed by atoms with van der Waals surface area (Å²) in [4.78, 5) is 2.21. The molecule has 1 heterocycles. The topological polar surface area (TPSA) is 21.1 Å². The Hall–Kier alpha value is -1.48. The fourth-order valence-corrected chi connectivity index (χ4v) is 2.37. The second-order valence-corrected chi connectivity index (χ2v) is 5.24. The highest BCUT2D eigenvalue weighted by Crippen LogP contribution is 2.28. The molecule has 0 fully saturated rings. The van der Waals surface area contributed by atoms with Gasteiger partial charge in [0.15, 0.2) is 0 Å². The van der Waals surface area contributed by atoms with Crippen molar-refractivity contribution in [3.8, 4) is 5.69 Å². The van der Waals surface area contributed by atoms with Crippen LogP contribution in [0.4, 0.5) is 5.82 Å². The van der Waals surface area contributed by atoms with Crippen molar-refractivity contribution in [1.29, 1.82) is 0 Å². The maximum Gasteiger partial charge on any atom is 0.137 e. The monoisotopic (exact) mass is 277 g/mol. The molecule has 0 aliphatic heterocycles. The minimum atomic E-state index is 0.389. The second kappa shape index (κ2) is 5.66. The van der Waals surface area contributed by atoms with Crippen LogP contribution in [0.3, 0.4) is 0 Å². The Balaban J connectivity index is 2.61. The molecule has 0 saturated carbocycles. The first kappa shape index (κ1) is 13.9. The fourth-order valence-electron chi connectivity index (χ4n) is 2.06. The van der Waals surface area contributed by atoms with Crippen molar-refractivity contribution in [2.75, 3.05) is 11.9 Å². The summed E-state index contributed by atoms with van der Waals surface area (Å²) in [6.45, 7) is 6.33. The first-order chi connectivity index (χ1) is 9.06. The second-order valence-electron chi connectivity index (χ2n) is 4.97. The van der Waals surface area contributed by atoms with Crippen LogP contribution in [0.25, 0.3) is 5.69 Å². The van der Waals surface area contributed by atoms with Crippen molar-refractivity contribution in [1.82, 2.24) is 9.78 Å². The maximum atomic E-state index is 6.11.